The summed E-state index contributed by atoms with van der Waals surface area (Å²) in [6.07, 6.45) is -1.18. The molecule has 0 aromatic heterocycles. The van der Waals surface area contributed by atoms with E-state index in [1.54, 1.807) is 20.8 Å². The summed E-state index contributed by atoms with van der Waals surface area (Å²) in [5.41, 5.74) is 0.462. The topological polar surface area (TPSA) is 146 Å². The van der Waals surface area contributed by atoms with Crippen LogP contribution in [0.25, 0.3) is 0 Å². The number of nitrogens with one attached hydrogen (secondary N) is 3. The van der Waals surface area contributed by atoms with Gasteiger partial charge < -0.3 is 30.5 Å². The molecule has 0 aliphatic carbocycles. The number of nitrogens with zero attached hydrogens (tertiary/aromatic N) is 1. The monoisotopic (exact) mass is 716 g/mol. The number of halogens is 2. The third-order valence-electron chi connectivity index (χ3n) is 8.06. The lowest BCUT2D eigenvalue weighted by Gasteiger charge is -2.34. The van der Waals surface area contributed by atoms with E-state index in [1.807, 2.05) is 44.2 Å². The van der Waals surface area contributed by atoms with Crippen LogP contribution in [-0.2, 0) is 32.6 Å². The summed E-state index contributed by atoms with van der Waals surface area (Å²) in [6, 6.07) is 14.9. The van der Waals surface area contributed by atoms with E-state index in [-0.39, 0.29) is 50.2 Å². The Bertz CT molecular complexity index is 1740. The fraction of sp³-hybridized carbons (Fsp3) is 0.444. The molecule has 272 valence electrons. The third-order valence-corrected chi connectivity index (χ3v) is 9.89. The maximum absolute atomic E-state index is 13.9. The number of benzene rings is 3. The molecule has 0 radical (unpaired) electrons. The first-order valence-corrected chi connectivity index (χ1v) is 17.8. The molecule has 1 aliphatic rings. The second-order valence-corrected chi connectivity index (χ2v) is 15.8. The van der Waals surface area contributed by atoms with Crippen molar-refractivity contribution in [1.29, 1.82) is 0 Å². The molecule has 0 saturated carbocycles. The highest BCUT2D eigenvalue weighted by atomic mass is 32.2. The number of sulfonamides is 1. The van der Waals surface area contributed by atoms with Gasteiger partial charge in [-0.25, -0.2) is 17.2 Å². The summed E-state index contributed by atoms with van der Waals surface area (Å²) >= 11 is 0. The lowest BCUT2D eigenvalue weighted by atomic mass is 9.85. The third kappa shape index (κ3) is 10.5. The molecule has 1 aliphatic heterocycles. The van der Waals surface area contributed by atoms with Gasteiger partial charge in [-0.3, -0.25) is 9.59 Å². The largest absolute Gasteiger partial charge is 0.454 e. The van der Waals surface area contributed by atoms with E-state index in [0.29, 0.717) is 17.1 Å². The molecule has 3 aromatic rings. The van der Waals surface area contributed by atoms with Gasteiger partial charge in [0.15, 0.2) is 23.1 Å². The molecule has 50 heavy (non-hydrogen) atoms. The highest BCUT2D eigenvalue weighted by Gasteiger charge is 2.37. The van der Waals surface area contributed by atoms with Crippen LogP contribution in [0.4, 0.5) is 8.78 Å². The van der Waals surface area contributed by atoms with Gasteiger partial charge in [0, 0.05) is 25.7 Å². The Morgan fingerprint density at radius 3 is 2.26 bits per heavy atom. The van der Waals surface area contributed by atoms with Crippen molar-refractivity contribution in [3.63, 3.8) is 0 Å². The van der Waals surface area contributed by atoms with Gasteiger partial charge in [0.25, 0.3) is 0 Å². The van der Waals surface area contributed by atoms with Crippen LogP contribution < -0.4 is 25.4 Å². The zero-order chi connectivity index (χ0) is 36.6. The van der Waals surface area contributed by atoms with E-state index in [2.05, 4.69) is 16.0 Å². The van der Waals surface area contributed by atoms with Crippen molar-refractivity contribution < 1.29 is 41.4 Å². The fourth-order valence-electron chi connectivity index (χ4n) is 5.47. The molecule has 0 saturated heterocycles. The normalized spacial score (nSPS) is 14.8. The second-order valence-electron chi connectivity index (χ2n) is 13.8. The van der Waals surface area contributed by atoms with Gasteiger partial charge in [-0.05, 0) is 53.1 Å². The Hall–Kier alpha value is -4.11. The molecule has 0 bridgehead atoms. The van der Waals surface area contributed by atoms with Crippen LogP contribution >= 0.6 is 0 Å². The van der Waals surface area contributed by atoms with E-state index < -0.39 is 57.1 Å². The minimum atomic E-state index is -4.11. The van der Waals surface area contributed by atoms with Crippen molar-refractivity contribution in [2.45, 2.75) is 70.7 Å². The molecule has 4 rings (SSSR count). The van der Waals surface area contributed by atoms with E-state index in [0.717, 1.165) is 17.7 Å². The van der Waals surface area contributed by atoms with Crippen LogP contribution in [0.1, 0.15) is 45.7 Å². The van der Waals surface area contributed by atoms with Crippen molar-refractivity contribution in [1.82, 2.24) is 20.3 Å². The van der Waals surface area contributed by atoms with Gasteiger partial charge >= 0.3 is 0 Å². The number of ether oxygens (including phenoxy) is 2. The molecule has 3 atom stereocenters. The molecule has 11 nitrogen and oxygen atoms in total. The Morgan fingerprint density at radius 1 is 0.900 bits per heavy atom. The lowest BCUT2D eigenvalue weighted by Crippen LogP contribution is -2.59. The van der Waals surface area contributed by atoms with Gasteiger partial charge in [-0.15, -0.1) is 0 Å². The lowest BCUT2D eigenvalue weighted by molar-refractivity contribution is -0.132. The zero-order valence-electron chi connectivity index (χ0n) is 28.9. The highest BCUT2D eigenvalue weighted by Crippen LogP contribution is 2.35. The zero-order valence-corrected chi connectivity index (χ0v) is 29.7. The predicted octanol–water partition coefficient (Wildman–Crippen LogP) is 3.75. The predicted molar refractivity (Wildman–Crippen MR) is 184 cm³/mol. The van der Waals surface area contributed by atoms with Crippen LogP contribution in [0, 0.1) is 23.0 Å². The van der Waals surface area contributed by atoms with E-state index >= 15 is 0 Å². The quantitative estimate of drug-likeness (QED) is 0.176. The van der Waals surface area contributed by atoms with Crippen molar-refractivity contribution in [3.8, 4) is 11.5 Å². The standard InChI is InChI=1S/C36H46F2N4O7S/c1-23(2)20-42(50(46,47)26-12-14-31-32(17-26)49-22-48-31)21-30(43)29(16-24-9-7-6-8-10-24)40-35(45)34(36(3,4)5)41-33(44)19-39-18-25-11-13-27(37)28(38)15-25/h6-15,17,23,29-30,34,39,43H,16,18-22H2,1-5H3,(H,40,45)(H,41,44). The summed E-state index contributed by atoms with van der Waals surface area (Å²) in [6.45, 7) is 8.68. The molecule has 0 spiro atoms. The van der Waals surface area contributed by atoms with Crippen molar-refractivity contribution in [2.75, 3.05) is 26.4 Å². The average molecular weight is 717 g/mol. The Morgan fingerprint density at radius 2 is 1.60 bits per heavy atom. The first-order chi connectivity index (χ1) is 23.5. The highest BCUT2D eigenvalue weighted by molar-refractivity contribution is 7.89. The Balaban J connectivity index is 1.51. The number of hydrogen-bond donors (Lipinski definition) is 4. The average Bonchev–Trinajstić information content (AvgIpc) is 3.52. The van der Waals surface area contributed by atoms with Gasteiger partial charge in [-0.2, -0.15) is 4.31 Å². The summed E-state index contributed by atoms with van der Waals surface area (Å²) in [7, 11) is -4.11. The number of carbonyl (C=O) groups is 2. The summed E-state index contributed by atoms with van der Waals surface area (Å²) in [5, 5.41) is 20.2. The summed E-state index contributed by atoms with van der Waals surface area (Å²) in [5.74, 6) is -2.40. The van der Waals surface area contributed by atoms with Crippen LogP contribution in [0.5, 0.6) is 11.5 Å². The van der Waals surface area contributed by atoms with Crippen molar-refractivity contribution in [3.05, 3.63) is 89.5 Å². The van der Waals surface area contributed by atoms with Crippen LogP contribution in [0.2, 0.25) is 0 Å². The summed E-state index contributed by atoms with van der Waals surface area (Å²) < 4.78 is 66.6. The number of carbonyl (C=O) groups excluding carboxylic acids is 2. The fourth-order valence-corrected chi connectivity index (χ4v) is 7.11. The van der Waals surface area contributed by atoms with Crippen molar-refractivity contribution >= 4 is 21.8 Å². The maximum Gasteiger partial charge on any atom is 0.243 e. The number of hydrogen-bond acceptors (Lipinski definition) is 8. The molecule has 2 amide bonds. The van der Waals surface area contributed by atoms with Crippen LogP contribution in [0.3, 0.4) is 0 Å². The molecule has 3 unspecified atom stereocenters. The van der Waals surface area contributed by atoms with Gasteiger partial charge in [-0.1, -0.05) is 71.0 Å². The molecule has 14 heteroatoms. The Kier molecular flexibility index (Phi) is 12.9. The summed E-state index contributed by atoms with van der Waals surface area (Å²) in [4.78, 5) is 26.8. The SMILES string of the molecule is CC(C)CN(CC(O)C(Cc1ccccc1)NC(=O)C(NC(=O)CNCc1ccc(F)c(F)c1)C(C)(C)C)S(=O)(=O)c1ccc2c(c1)OCO2. The molecule has 0 fully saturated rings. The van der Waals surface area contributed by atoms with Crippen LogP contribution in [0.15, 0.2) is 71.6 Å². The Labute approximate surface area is 292 Å². The number of aliphatic hydroxyl groups is 1. The molecule has 3 aromatic carbocycles. The minimum Gasteiger partial charge on any atom is -0.454 e. The van der Waals surface area contributed by atoms with Crippen molar-refractivity contribution in [2.24, 2.45) is 11.3 Å². The van der Waals surface area contributed by atoms with E-state index in [4.69, 9.17) is 9.47 Å². The first kappa shape index (κ1) is 38.7. The number of aliphatic hydroxyl groups excluding tert-OH is 1. The second kappa shape index (κ2) is 16.7. The van der Waals surface area contributed by atoms with E-state index in [9.17, 15) is 31.9 Å². The van der Waals surface area contributed by atoms with Gasteiger partial charge in [0.05, 0.1) is 23.6 Å². The maximum atomic E-state index is 13.9. The molecular formula is C36H46F2N4O7S. The number of rotatable bonds is 16. The van der Waals surface area contributed by atoms with E-state index in [1.165, 1.54) is 28.6 Å². The minimum absolute atomic E-state index is 0.0160. The van der Waals surface area contributed by atoms with Gasteiger partial charge in [0.2, 0.25) is 28.6 Å². The molecular weight excluding hydrogens is 670 g/mol. The molecule has 1 heterocycles. The molecule has 4 N–H and O–H groups in total. The number of fused-ring (bicyclic) bond motifs is 1. The first-order valence-electron chi connectivity index (χ1n) is 16.4. The smallest absolute Gasteiger partial charge is 0.243 e. The van der Waals surface area contributed by atoms with Crippen LogP contribution in [-0.4, -0.2) is 74.3 Å². The number of amides is 2. The van der Waals surface area contributed by atoms with Gasteiger partial charge in [0.1, 0.15) is 6.04 Å².